The Hall–Kier alpha value is -1.92. The smallest absolute Gasteiger partial charge is 0.233 e. The first-order chi connectivity index (χ1) is 11.7. The van der Waals surface area contributed by atoms with Crippen LogP contribution in [0.4, 0.5) is 0 Å². The molecule has 1 amide bonds. The summed E-state index contributed by atoms with van der Waals surface area (Å²) in [4.78, 5) is 23.1. The maximum atomic E-state index is 12.2. The lowest BCUT2D eigenvalue weighted by Crippen LogP contribution is -2.32. The van der Waals surface area contributed by atoms with Gasteiger partial charge < -0.3 is 5.32 Å². The number of thioether (sulfide) groups is 1. The molecule has 1 atom stereocenters. The molecule has 1 fully saturated rings. The van der Waals surface area contributed by atoms with E-state index in [1.165, 1.54) is 22.2 Å². The van der Waals surface area contributed by atoms with Crippen LogP contribution in [0.25, 0.3) is 20.7 Å². The molecule has 24 heavy (non-hydrogen) atoms. The third-order valence-corrected chi connectivity index (χ3v) is 6.14. The minimum atomic E-state index is -0.163. The van der Waals surface area contributed by atoms with Crippen LogP contribution in [0, 0.1) is 0 Å². The molecule has 0 radical (unpaired) electrons. The molecule has 1 aliphatic carbocycles. The normalized spacial score (nSPS) is 15.4. The fraction of sp³-hybridized carbons (Fsp3) is 0.278. The maximum absolute atomic E-state index is 12.2. The predicted molar refractivity (Wildman–Crippen MR) is 99.3 cm³/mol. The zero-order chi connectivity index (χ0) is 16.5. The largest absolute Gasteiger partial charge is 0.352 e. The molecule has 1 N–H and O–H groups in total. The summed E-state index contributed by atoms with van der Waals surface area (Å²) in [5.41, 5.74) is 1.18. The maximum Gasteiger partial charge on any atom is 0.233 e. The van der Waals surface area contributed by atoms with E-state index < -0.39 is 0 Å². The molecule has 0 saturated heterocycles. The Labute approximate surface area is 148 Å². The number of carbonyl (C=O) groups excluding carboxylic acids is 1. The highest BCUT2D eigenvalue weighted by atomic mass is 32.2. The summed E-state index contributed by atoms with van der Waals surface area (Å²) in [7, 11) is 0. The van der Waals surface area contributed by atoms with Gasteiger partial charge in [-0.15, -0.1) is 11.3 Å². The lowest BCUT2D eigenvalue weighted by atomic mass is 10.2. The highest BCUT2D eigenvalue weighted by Crippen LogP contribution is 2.37. The Kier molecular flexibility index (Phi) is 4.24. The van der Waals surface area contributed by atoms with E-state index in [9.17, 15) is 4.79 Å². The molecule has 1 unspecified atom stereocenters. The summed E-state index contributed by atoms with van der Waals surface area (Å²) in [6.45, 7) is 1.93. The van der Waals surface area contributed by atoms with Crippen molar-refractivity contribution in [1.29, 1.82) is 0 Å². The van der Waals surface area contributed by atoms with Crippen molar-refractivity contribution >= 4 is 39.2 Å². The quantitative estimate of drug-likeness (QED) is 0.552. The van der Waals surface area contributed by atoms with Gasteiger partial charge in [-0.05, 0) is 31.4 Å². The van der Waals surface area contributed by atoms with Crippen LogP contribution in [-0.4, -0.2) is 27.2 Å². The molecule has 1 saturated carbocycles. The first-order valence-electron chi connectivity index (χ1n) is 7.98. The second kappa shape index (κ2) is 6.53. The van der Waals surface area contributed by atoms with Crippen LogP contribution in [0.3, 0.4) is 0 Å². The van der Waals surface area contributed by atoms with E-state index in [1.54, 1.807) is 17.7 Å². The van der Waals surface area contributed by atoms with Gasteiger partial charge in [-0.2, -0.15) is 0 Å². The summed E-state index contributed by atoms with van der Waals surface area (Å²) in [6, 6.07) is 12.8. The number of amides is 1. The highest BCUT2D eigenvalue weighted by molar-refractivity contribution is 8.00. The van der Waals surface area contributed by atoms with Gasteiger partial charge in [0.25, 0.3) is 0 Å². The van der Waals surface area contributed by atoms with Gasteiger partial charge in [-0.25, -0.2) is 9.97 Å². The van der Waals surface area contributed by atoms with Crippen molar-refractivity contribution < 1.29 is 4.79 Å². The Balaban J connectivity index is 1.61. The molecule has 6 heteroatoms. The predicted octanol–water partition coefficient (Wildman–Crippen LogP) is 4.12. The van der Waals surface area contributed by atoms with Crippen molar-refractivity contribution in [3.8, 4) is 10.4 Å². The first-order valence-corrected chi connectivity index (χ1v) is 9.67. The average Bonchev–Trinajstić information content (AvgIpc) is 3.30. The molecule has 122 valence electrons. The summed E-state index contributed by atoms with van der Waals surface area (Å²) in [5.74, 6) is 0.0905. The summed E-state index contributed by atoms with van der Waals surface area (Å²) in [5, 5.41) is 4.79. The van der Waals surface area contributed by atoms with Crippen molar-refractivity contribution in [2.75, 3.05) is 0 Å². The molecule has 0 spiro atoms. The second-order valence-corrected chi connectivity index (χ2v) is 8.28. The van der Waals surface area contributed by atoms with E-state index >= 15 is 0 Å². The number of thiophene rings is 1. The van der Waals surface area contributed by atoms with Crippen molar-refractivity contribution in [3.05, 3.63) is 42.7 Å². The summed E-state index contributed by atoms with van der Waals surface area (Å²) >= 11 is 3.16. The minimum absolute atomic E-state index is 0.0905. The van der Waals surface area contributed by atoms with Crippen LogP contribution < -0.4 is 5.32 Å². The molecule has 3 aromatic rings. The lowest BCUT2D eigenvalue weighted by Gasteiger charge is -2.11. The second-order valence-electron chi connectivity index (χ2n) is 5.92. The molecule has 4 rings (SSSR count). The Morgan fingerprint density at radius 3 is 2.83 bits per heavy atom. The number of hydrogen-bond donors (Lipinski definition) is 1. The van der Waals surface area contributed by atoms with E-state index in [2.05, 4.69) is 33.5 Å². The van der Waals surface area contributed by atoms with Crippen molar-refractivity contribution in [2.24, 2.45) is 0 Å². The van der Waals surface area contributed by atoms with E-state index in [-0.39, 0.29) is 11.2 Å². The number of aromatic nitrogens is 2. The van der Waals surface area contributed by atoms with E-state index in [0.717, 1.165) is 28.1 Å². The van der Waals surface area contributed by atoms with Crippen molar-refractivity contribution in [1.82, 2.24) is 15.3 Å². The fourth-order valence-electron chi connectivity index (χ4n) is 2.44. The van der Waals surface area contributed by atoms with Crippen LogP contribution in [0.5, 0.6) is 0 Å². The van der Waals surface area contributed by atoms with Crippen LogP contribution in [0.2, 0.25) is 0 Å². The van der Waals surface area contributed by atoms with Gasteiger partial charge in [-0.3, -0.25) is 4.79 Å². The number of benzene rings is 1. The van der Waals surface area contributed by atoms with E-state index in [1.807, 2.05) is 25.1 Å². The summed E-state index contributed by atoms with van der Waals surface area (Å²) < 4.78 is 0. The zero-order valence-corrected chi connectivity index (χ0v) is 14.9. The standard InChI is InChI=1S/C18H17N3OS2/c1-11(16(22)21-13-7-8-13)23-17-14-9-15(12-5-3-2-4-6-12)24-18(14)20-10-19-17/h2-6,9-11,13H,7-8H2,1H3,(H,21,22). The minimum Gasteiger partial charge on any atom is -0.352 e. The van der Waals surface area contributed by atoms with Crippen LogP contribution in [0.15, 0.2) is 47.8 Å². The average molecular weight is 355 g/mol. The molecular weight excluding hydrogens is 338 g/mol. The molecule has 2 aromatic heterocycles. The van der Waals surface area contributed by atoms with Crippen molar-refractivity contribution in [3.63, 3.8) is 0 Å². The van der Waals surface area contributed by atoms with Gasteiger partial charge >= 0.3 is 0 Å². The molecule has 4 nitrogen and oxygen atoms in total. The first kappa shape index (κ1) is 15.6. The molecular formula is C18H17N3OS2. The van der Waals surface area contributed by atoms with Gasteiger partial charge in [0.05, 0.1) is 5.25 Å². The molecule has 0 aliphatic heterocycles. The number of carbonyl (C=O) groups is 1. The number of rotatable bonds is 5. The van der Waals surface area contributed by atoms with Gasteiger partial charge in [-0.1, -0.05) is 42.1 Å². The lowest BCUT2D eigenvalue weighted by molar-refractivity contribution is -0.120. The van der Waals surface area contributed by atoms with Gasteiger partial charge in [0.2, 0.25) is 5.91 Å². The zero-order valence-electron chi connectivity index (χ0n) is 13.2. The number of nitrogens with one attached hydrogen (secondary N) is 1. The molecule has 2 heterocycles. The van der Waals surface area contributed by atoms with E-state index in [0.29, 0.717) is 6.04 Å². The number of nitrogens with zero attached hydrogens (tertiary/aromatic N) is 2. The molecule has 1 aliphatic rings. The van der Waals surface area contributed by atoms with Crippen LogP contribution >= 0.6 is 23.1 Å². The Bertz CT molecular complexity index is 874. The molecule has 1 aromatic carbocycles. The monoisotopic (exact) mass is 355 g/mol. The van der Waals surface area contributed by atoms with Gasteiger partial charge in [0.15, 0.2) is 0 Å². The van der Waals surface area contributed by atoms with Gasteiger partial charge in [0, 0.05) is 16.3 Å². The molecule has 0 bridgehead atoms. The third kappa shape index (κ3) is 3.30. The Morgan fingerprint density at radius 1 is 1.29 bits per heavy atom. The number of hydrogen-bond acceptors (Lipinski definition) is 5. The van der Waals surface area contributed by atoms with Gasteiger partial charge in [0.1, 0.15) is 16.2 Å². The van der Waals surface area contributed by atoms with Crippen molar-refractivity contribution in [2.45, 2.75) is 36.1 Å². The third-order valence-electron chi connectivity index (χ3n) is 3.93. The summed E-state index contributed by atoms with van der Waals surface area (Å²) in [6.07, 6.45) is 3.79. The topological polar surface area (TPSA) is 54.9 Å². The fourth-order valence-corrected chi connectivity index (χ4v) is 4.41. The number of fused-ring (bicyclic) bond motifs is 1. The van der Waals surface area contributed by atoms with Crippen LogP contribution in [-0.2, 0) is 4.79 Å². The van der Waals surface area contributed by atoms with Crippen LogP contribution in [0.1, 0.15) is 19.8 Å². The highest BCUT2D eigenvalue weighted by Gasteiger charge is 2.26. The van der Waals surface area contributed by atoms with E-state index in [4.69, 9.17) is 0 Å². The Morgan fingerprint density at radius 2 is 2.08 bits per heavy atom. The SMILES string of the molecule is CC(Sc1ncnc2sc(-c3ccccc3)cc12)C(=O)NC1CC1.